The summed E-state index contributed by atoms with van der Waals surface area (Å²) in [6, 6.07) is 0. The Morgan fingerprint density at radius 3 is 2.67 bits per heavy atom. The van der Waals surface area contributed by atoms with Gasteiger partial charge in [0, 0.05) is 0 Å². The highest BCUT2D eigenvalue weighted by atomic mass is 19.1. The molecule has 0 fully saturated rings. The van der Waals surface area contributed by atoms with Crippen molar-refractivity contribution < 1.29 is 23.8 Å². The van der Waals surface area contributed by atoms with Crippen LogP contribution in [0, 0.1) is 11.4 Å². The van der Waals surface area contributed by atoms with Gasteiger partial charge in [-0.3, -0.25) is 9.59 Å². The van der Waals surface area contributed by atoms with Crippen LogP contribution in [0.15, 0.2) is 6.20 Å². The van der Waals surface area contributed by atoms with Crippen molar-refractivity contribution in [1.29, 1.82) is 0 Å². The average Bonchev–Trinajstić information content (AvgIpc) is 2.27. The summed E-state index contributed by atoms with van der Waals surface area (Å²) in [5.41, 5.74) is 3.31. The summed E-state index contributed by atoms with van der Waals surface area (Å²) in [6.45, 7) is 2.59. The van der Waals surface area contributed by atoms with Gasteiger partial charge in [-0.1, -0.05) is 0 Å². The van der Waals surface area contributed by atoms with Gasteiger partial charge >= 0.3 is 5.97 Å². The SMILES string of the molecule is CC(C)(COc1ncc(F)nc1C(N)=O)C(=O)O. The number of primary amides is 1. The van der Waals surface area contributed by atoms with Gasteiger partial charge in [-0.25, -0.2) is 9.97 Å². The Bertz CT molecular complexity index is 490. The first-order chi connectivity index (χ1) is 8.24. The fourth-order valence-corrected chi connectivity index (χ4v) is 0.933. The Kier molecular flexibility index (Phi) is 3.79. The second-order valence-electron chi connectivity index (χ2n) is 4.19. The number of carbonyl (C=O) groups is 2. The van der Waals surface area contributed by atoms with Crippen LogP contribution in [-0.4, -0.2) is 33.6 Å². The molecule has 0 aromatic carbocycles. The largest absolute Gasteiger partial charge is 0.481 e. The van der Waals surface area contributed by atoms with E-state index in [1.54, 1.807) is 0 Å². The molecule has 0 bridgehead atoms. The molecule has 0 unspecified atom stereocenters. The van der Waals surface area contributed by atoms with Gasteiger partial charge in [0.1, 0.15) is 6.61 Å². The van der Waals surface area contributed by atoms with Gasteiger partial charge in [0.15, 0.2) is 5.69 Å². The normalized spacial score (nSPS) is 11.1. The number of amides is 1. The lowest BCUT2D eigenvalue weighted by Crippen LogP contribution is -2.31. The lowest BCUT2D eigenvalue weighted by molar-refractivity contribution is -0.148. The number of hydrogen-bond acceptors (Lipinski definition) is 5. The number of carboxylic acid groups (broad SMARTS) is 1. The van der Waals surface area contributed by atoms with Crippen LogP contribution in [-0.2, 0) is 4.79 Å². The molecule has 0 saturated carbocycles. The highest BCUT2D eigenvalue weighted by Gasteiger charge is 2.29. The second kappa shape index (κ2) is 4.94. The maximum absolute atomic E-state index is 12.8. The van der Waals surface area contributed by atoms with Crippen molar-refractivity contribution >= 4 is 11.9 Å². The van der Waals surface area contributed by atoms with Crippen molar-refractivity contribution in [2.24, 2.45) is 11.1 Å². The molecule has 1 amide bonds. The van der Waals surface area contributed by atoms with Crippen LogP contribution in [0.2, 0.25) is 0 Å². The van der Waals surface area contributed by atoms with Crippen molar-refractivity contribution in [3.63, 3.8) is 0 Å². The fourth-order valence-electron chi connectivity index (χ4n) is 0.933. The smallest absolute Gasteiger partial charge is 0.312 e. The molecule has 0 radical (unpaired) electrons. The average molecular weight is 257 g/mol. The van der Waals surface area contributed by atoms with E-state index in [9.17, 15) is 14.0 Å². The number of aliphatic carboxylic acids is 1. The third kappa shape index (κ3) is 3.12. The van der Waals surface area contributed by atoms with E-state index in [0.717, 1.165) is 6.20 Å². The van der Waals surface area contributed by atoms with Crippen LogP contribution in [0.5, 0.6) is 5.88 Å². The highest BCUT2D eigenvalue weighted by Crippen LogP contribution is 2.19. The minimum absolute atomic E-state index is 0.261. The van der Waals surface area contributed by atoms with Crippen LogP contribution in [0.25, 0.3) is 0 Å². The monoisotopic (exact) mass is 257 g/mol. The van der Waals surface area contributed by atoms with Crippen LogP contribution in [0.1, 0.15) is 24.3 Å². The molecule has 1 aromatic rings. The quantitative estimate of drug-likeness (QED) is 0.778. The van der Waals surface area contributed by atoms with Gasteiger partial charge in [0.05, 0.1) is 11.6 Å². The molecule has 8 heteroatoms. The van der Waals surface area contributed by atoms with Gasteiger partial charge in [-0.2, -0.15) is 4.39 Å². The summed E-state index contributed by atoms with van der Waals surface area (Å²) in [5.74, 6) is -3.37. The number of aromatic nitrogens is 2. The van der Waals surface area contributed by atoms with E-state index in [1.807, 2.05) is 0 Å². The molecule has 0 aliphatic rings. The maximum atomic E-state index is 12.8. The predicted octanol–water partition coefficient (Wildman–Crippen LogP) is 0.204. The summed E-state index contributed by atoms with van der Waals surface area (Å²) in [6.07, 6.45) is 0.746. The molecule has 0 saturated heterocycles. The van der Waals surface area contributed by atoms with E-state index in [1.165, 1.54) is 13.8 Å². The number of rotatable bonds is 5. The Labute approximate surface area is 102 Å². The molecule has 3 N–H and O–H groups in total. The molecular weight excluding hydrogens is 245 g/mol. The Morgan fingerprint density at radius 1 is 1.56 bits per heavy atom. The van der Waals surface area contributed by atoms with E-state index < -0.39 is 28.9 Å². The summed E-state index contributed by atoms with van der Waals surface area (Å²) < 4.78 is 17.8. The predicted molar refractivity (Wildman–Crippen MR) is 57.4 cm³/mol. The maximum Gasteiger partial charge on any atom is 0.312 e. The minimum atomic E-state index is -1.19. The molecule has 0 atom stereocenters. The second-order valence-corrected chi connectivity index (χ2v) is 4.19. The van der Waals surface area contributed by atoms with E-state index in [4.69, 9.17) is 15.6 Å². The van der Waals surface area contributed by atoms with Crippen LogP contribution >= 0.6 is 0 Å². The molecule has 0 spiro atoms. The Balaban J connectivity index is 2.92. The van der Waals surface area contributed by atoms with Crippen molar-refractivity contribution in [1.82, 2.24) is 9.97 Å². The zero-order valence-electron chi connectivity index (χ0n) is 9.81. The molecular formula is C10H12FN3O4. The zero-order valence-corrected chi connectivity index (χ0v) is 9.81. The van der Waals surface area contributed by atoms with Crippen molar-refractivity contribution in [2.45, 2.75) is 13.8 Å². The third-order valence-corrected chi connectivity index (χ3v) is 2.09. The number of ether oxygens (including phenoxy) is 1. The van der Waals surface area contributed by atoms with Crippen molar-refractivity contribution in [3.8, 4) is 5.88 Å². The Hall–Kier alpha value is -2.25. The Morgan fingerprint density at radius 2 is 2.17 bits per heavy atom. The number of nitrogens with zero attached hydrogens (tertiary/aromatic N) is 2. The van der Waals surface area contributed by atoms with Crippen LogP contribution in [0.3, 0.4) is 0 Å². The van der Waals surface area contributed by atoms with Gasteiger partial charge in [-0.15, -0.1) is 0 Å². The summed E-state index contributed by atoms with van der Waals surface area (Å²) >= 11 is 0. The molecule has 7 nitrogen and oxygen atoms in total. The summed E-state index contributed by atoms with van der Waals surface area (Å²) in [7, 11) is 0. The van der Waals surface area contributed by atoms with E-state index >= 15 is 0 Å². The number of carboxylic acids is 1. The van der Waals surface area contributed by atoms with Crippen molar-refractivity contribution in [3.05, 3.63) is 17.8 Å². The standard InChI is InChI=1S/C10H12FN3O4/c1-10(2,9(16)17)4-18-8-6(7(12)15)14-5(11)3-13-8/h3H,4H2,1-2H3,(H2,12,15)(H,16,17). The molecule has 98 valence electrons. The lowest BCUT2D eigenvalue weighted by Gasteiger charge is -2.19. The van der Waals surface area contributed by atoms with Crippen molar-refractivity contribution in [2.75, 3.05) is 6.61 Å². The molecule has 0 aliphatic heterocycles. The minimum Gasteiger partial charge on any atom is -0.481 e. The van der Waals surface area contributed by atoms with E-state index in [2.05, 4.69) is 9.97 Å². The van der Waals surface area contributed by atoms with Gasteiger partial charge < -0.3 is 15.6 Å². The zero-order chi connectivity index (χ0) is 13.9. The summed E-state index contributed by atoms with van der Waals surface area (Å²) in [4.78, 5) is 28.6. The molecule has 1 aromatic heterocycles. The topological polar surface area (TPSA) is 115 Å². The molecule has 0 aliphatic carbocycles. The number of nitrogens with two attached hydrogens (primary N) is 1. The molecule has 1 rings (SSSR count). The van der Waals surface area contributed by atoms with Gasteiger partial charge in [0.2, 0.25) is 11.8 Å². The van der Waals surface area contributed by atoms with Gasteiger partial charge in [-0.05, 0) is 13.8 Å². The van der Waals surface area contributed by atoms with E-state index in [0.29, 0.717) is 0 Å². The first-order valence-corrected chi connectivity index (χ1v) is 4.92. The van der Waals surface area contributed by atoms with E-state index in [-0.39, 0.29) is 12.5 Å². The van der Waals surface area contributed by atoms with Crippen LogP contribution in [0.4, 0.5) is 4.39 Å². The van der Waals surface area contributed by atoms with Gasteiger partial charge in [0.25, 0.3) is 5.91 Å². The lowest BCUT2D eigenvalue weighted by atomic mass is 9.95. The number of halogens is 1. The highest BCUT2D eigenvalue weighted by molar-refractivity contribution is 5.92. The number of carbonyl (C=O) groups excluding carboxylic acids is 1. The third-order valence-electron chi connectivity index (χ3n) is 2.09. The molecule has 18 heavy (non-hydrogen) atoms. The number of hydrogen-bond donors (Lipinski definition) is 2. The van der Waals surface area contributed by atoms with Crippen LogP contribution < -0.4 is 10.5 Å². The summed E-state index contributed by atoms with van der Waals surface area (Å²) in [5, 5.41) is 8.87. The first kappa shape index (κ1) is 13.8. The molecule has 1 heterocycles. The fraction of sp³-hybridized carbons (Fsp3) is 0.400. The first-order valence-electron chi connectivity index (χ1n) is 4.92.